The molecule has 4 rings (SSSR count). The van der Waals surface area contributed by atoms with E-state index in [2.05, 4.69) is 57.5 Å². The first-order valence-corrected chi connectivity index (χ1v) is 15.4. The maximum atomic E-state index is 12.1. The SMILES string of the molecule is CCOC(C)O[C@@H]1C=C2C#C[C@]3([C@H]4COC(C)(C)O4)O[C@@H]3C#CC[C@@]2(O)[C@H]1O[Si](C)(C)C(C)(C)C. The Morgan fingerprint density at radius 3 is 2.57 bits per heavy atom. The first-order chi connectivity index (χ1) is 16.1. The number of hydrogen-bond acceptors (Lipinski definition) is 7. The van der Waals surface area contributed by atoms with Crippen LogP contribution in [0.1, 0.15) is 54.9 Å². The van der Waals surface area contributed by atoms with Crippen LogP contribution in [0, 0.1) is 23.7 Å². The van der Waals surface area contributed by atoms with Gasteiger partial charge in [0.05, 0.1) is 6.61 Å². The highest BCUT2D eigenvalue weighted by atomic mass is 28.4. The summed E-state index contributed by atoms with van der Waals surface area (Å²) >= 11 is 0. The lowest BCUT2D eigenvalue weighted by Gasteiger charge is -2.43. The van der Waals surface area contributed by atoms with Gasteiger partial charge >= 0.3 is 0 Å². The standard InChI is InChI=1S/C27H40O7Si/c1-10-29-18(2)31-20-16-19-13-15-27(22-17-30-25(6,7)32-22)21(33-27)12-11-14-26(19,28)23(20)34-35(8,9)24(3,4)5/h16,18,20-23,28H,10,14,17H2,1-9H3/t18?,20-,21-,22-,23+,26+,27+/m1/s1. The molecule has 0 bridgehead atoms. The van der Waals surface area contributed by atoms with Crippen LogP contribution in [0.2, 0.25) is 18.1 Å². The van der Waals surface area contributed by atoms with E-state index in [1.165, 1.54) is 0 Å². The first kappa shape index (κ1) is 26.8. The van der Waals surface area contributed by atoms with Gasteiger partial charge in [-0.05, 0) is 51.9 Å². The van der Waals surface area contributed by atoms with Gasteiger partial charge in [0.15, 0.2) is 32.1 Å². The molecule has 2 fully saturated rings. The Hall–Kier alpha value is -1.20. The van der Waals surface area contributed by atoms with Gasteiger partial charge in [0.25, 0.3) is 0 Å². The molecule has 0 amide bonds. The van der Waals surface area contributed by atoms with E-state index in [0.29, 0.717) is 18.8 Å². The molecule has 1 unspecified atom stereocenters. The summed E-state index contributed by atoms with van der Waals surface area (Å²) in [6.07, 6.45) is -0.351. The zero-order chi connectivity index (χ0) is 25.9. The van der Waals surface area contributed by atoms with Crippen molar-refractivity contribution in [3.8, 4) is 23.7 Å². The molecule has 7 nitrogen and oxygen atoms in total. The monoisotopic (exact) mass is 504 g/mol. The molecule has 8 heteroatoms. The molecule has 2 aliphatic heterocycles. The van der Waals surface area contributed by atoms with Crippen LogP contribution in [0.3, 0.4) is 0 Å². The second-order valence-corrected chi connectivity index (χ2v) is 16.5. The van der Waals surface area contributed by atoms with E-state index in [9.17, 15) is 5.11 Å². The second kappa shape index (κ2) is 8.97. The van der Waals surface area contributed by atoms with E-state index in [-0.39, 0.29) is 23.7 Å². The van der Waals surface area contributed by atoms with Gasteiger partial charge in [-0.25, -0.2) is 0 Å². The minimum Gasteiger partial charge on any atom is -0.408 e. The van der Waals surface area contributed by atoms with E-state index in [1.807, 2.05) is 33.8 Å². The lowest BCUT2D eigenvalue weighted by molar-refractivity contribution is -0.179. The van der Waals surface area contributed by atoms with Crippen LogP contribution in [-0.4, -0.2) is 74.3 Å². The maximum absolute atomic E-state index is 12.1. The smallest absolute Gasteiger partial charge is 0.196 e. The van der Waals surface area contributed by atoms with Crippen LogP contribution in [0.5, 0.6) is 0 Å². The van der Waals surface area contributed by atoms with E-state index in [4.69, 9.17) is 28.1 Å². The highest BCUT2D eigenvalue weighted by Crippen LogP contribution is 2.47. The van der Waals surface area contributed by atoms with Crippen LogP contribution < -0.4 is 0 Å². The fraction of sp³-hybridized carbons (Fsp3) is 0.778. The molecule has 194 valence electrons. The Balaban J connectivity index is 1.70. The maximum Gasteiger partial charge on any atom is 0.196 e. The molecule has 2 saturated heterocycles. The topological polar surface area (TPSA) is 78.9 Å². The average molecular weight is 505 g/mol. The largest absolute Gasteiger partial charge is 0.408 e. The predicted molar refractivity (Wildman–Crippen MR) is 134 cm³/mol. The minimum absolute atomic E-state index is 0.0514. The van der Waals surface area contributed by atoms with Crippen molar-refractivity contribution in [2.75, 3.05) is 13.2 Å². The molecule has 0 spiro atoms. The number of rotatable bonds is 7. The summed E-state index contributed by atoms with van der Waals surface area (Å²) in [6.45, 7) is 19.3. The number of aliphatic hydroxyl groups is 1. The molecule has 1 N–H and O–H groups in total. The summed E-state index contributed by atoms with van der Waals surface area (Å²) in [4.78, 5) is 0. The van der Waals surface area contributed by atoms with Crippen molar-refractivity contribution in [1.82, 2.24) is 0 Å². The Morgan fingerprint density at radius 1 is 1.26 bits per heavy atom. The Kier molecular flexibility index (Phi) is 6.88. The molecular formula is C27H40O7Si. The molecule has 35 heavy (non-hydrogen) atoms. The van der Waals surface area contributed by atoms with Crippen LogP contribution in [0.4, 0.5) is 0 Å². The van der Waals surface area contributed by atoms with Gasteiger partial charge in [-0.1, -0.05) is 44.5 Å². The van der Waals surface area contributed by atoms with Crippen molar-refractivity contribution in [2.24, 2.45) is 0 Å². The molecule has 0 radical (unpaired) electrons. The van der Waals surface area contributed by atoms with Crippen molar-refractivity contribution < 1.29 is 33.2 Å². The molecule has 0 aromatic carbocycles. The molecule has 0 aromatic heterocycles. The molecular weight excluding hydrogens is 464 g/mol. The van der Waals surface area contributed by atoms with E-state index in [0.717, 1.165) is 0 Å². The van der Waals surface area contributed by atoms with Gasteiger partial charge in [0.1, 0.15) is 23.9 Å². The third kappa shape index (κ3) is 5.01. The Bertz CT molecular complexity index is 991. The van der Waals surface area contributed by atoms with Crippen molar-refractivity contribution in [3.63, 3.8) is 0 Å². The zero-order valence-electron chi connectivity index (χ0n) is 22.5. The lowest BCUT2D eigenvalue weighted by Crippen LogP contribution is -2.55. The van der Waals surface area contributed by atoms with Gasteiger partial charge in [-0.3, -0.25) is 0 Å². The summed E-state index contributed by atoms with van der Waals surface area (Å²) in [6, 6.07) is 0. The molecule has 2 aliphatic carbocycles. The zero-order valence-corrected chi connectivity index (χ0v) is 23.5. The van der Waals surface area contributed by atoms with Crippen molar-refractivity contribution in [2.45, 2.75) is 121 Å². The third-order valence-electron chi connectivity index (χ3n) is 7.66. The Morgan fingerprint density at radius 2 is 1.97 bits per heavy atom. The molecule has 0 saturated carbocycles. The highest BCUT2D eigenvalue weighted by molar-refractivity contribution is 6.74. The summed E-state index contributed by atoms with van der Waals surface area (Å²) in [5, 5.41) is 12.0. The minimum atomic E-state index is -2.27. The normalized spacial score (nSPS) is 38.4. The predicted octanol–water partition coefficient (Wildman–Crippen LogP) is 3.52. The average Bonchev–Trinajstić information content (AvgIpc) is 3.20. The van der Waals surface area contributed by atoms with Gasteiger partial charge < -0.3 is 33.2 Å². The molecule has 7 atom stereocenters. The van der Waals surface area contributed by atoms with Crippen molar-refractivity contribution in [3.05, 3.63) is 11.6 Å². The van der Waals surface area contributed by atoms with Crippen LogP contribution in [-0.2, 0) is 28.1 Å². The number of epoxide rings is 1. The second-order valence-electron chi connectivity index (χ2n) is 11.8. The van der Waals surface area contributed by atoms with Gasteiger partial charge in [-0.2, -0.15) is 0 Å². The summed E-state index contributed by atoms with van der Waals surface area (Å²) in [5.74, 6) is 12.1. The van der Waals surface area contributed by atoms with E-state index >= 15 is 0 Å². The fourth-order valence-electron chi connectivity index (χ4n) is 4.49. The molecule has 2 heterocycles. The van der Waals surface area contributed by atoms with Crippen molar-refractivity contribution >= 4 is 8.32 Å². The molecule has 4 aliphatic rings. The fourth-order valence-corrected chi connectivity index (χ4v) is 5.81. The number of hydrogen-bond donors (Lipinski definition) is 1. The van der Waals surface area contributed by atoms with Gasteiger partial charge in [0.2, 0.25) is 0 Å². The van der Waals surface area contributed by atoms with Crippen molar-refractivity contribution in [1.29, 1.82) is 0 Å². The number of fused-ring (bicyclic) bond motifs is 2. The first-order valence-electron chi connectivity index (χ1n) is 12.5. The quantitative estimate of drug-likeness (QED) is 0.246. The van der Waals surface area contributed by atoms with E-state index < -0.39 is 43.8 Å². The third-order valence-corrected chi connectivity index (χ3v) is 12.1. The summed E-state index contributed by atoms with van der Waals surface area (Å²) in [5.41, 5.74) is -1.74. The lowest BCUT2D eigenvalue weighted by atomic mass is 9.89. The van der Waals surface area contributed by atoms with Gasteiger partial charge in [0, 0.05) is 18.6 Å². The van der Waals surface area contributed by atoms with Crippen LogP contribution >= 0.6 is 0 Å². The van der Waals surface area contributed by atoms with Gasteiger partial charge in [-0.15, -0.1) is 0 Å². The van der Waals surface area contributed by atoms with Crippen LogP contribution in [0.15, 0.2) is 11.6 Å². The number of ether oxygens (including phenoxy) is 5. The van der Waals surface area contributed by atoms with Crippen LogP contribution in [0.25, 0.3) is 0 Å². The summed E-state index contributed by atoms with van der Waals surface area (Å²) < 4.78 is 36.5. The Labute approximate surface area is 210 Å². The van der Waals surface area contributed by atoms with E-state index in [1.54, 1.807) is 0 Å². The molecule has 0 aromatic rings. The highest BCUT2D eigenvalue weighted by Gasteiger charge is 2.65. The summed E-state index contributed by atoms with van der Waals surface area (Å²) in [7, 11) is -2.27.